The second-order valence-corrected chi connectivity index (χ2v) is 8.52. The molecule has 0 saturated heterocycles. The van der Waals surface area contributed by atoms with Gasteiger partial charge in [-0.1, -0.05) is 41.4 Å². The van der Waals surface area contributed by atoms with Gasteiger partial charge in [-0.25, -0.2) is 8.42 Å². The van der Waals surface area contributed by atoms with Crippen molar-refractivity contribution in [3.63, 3.8) is 0 Å². The SMILES string of the molecule is COc1ccccc1NS(=O)(=O)c1cc(NC(=O)c2cc(Cl)c(Cl)[nH]2)ccc1C. The van der Waals surface area contributed by atoms with E-state index in [1.54, 1.807) is 43.3 Å². The minimum Gasteiger partial charge on any atom is -0.495 e. The average molecular weight is 454 g/mol. The molecule has 0 aliphatic carbocycles. The van der Waals surface area contributed by atoms with E-state index >= 15 is 0 Å². The number of hydrogen-bond acceptors (Lipinski definition) is 4. The van der Waals surface area contributed by atoms with Crippen LogP contribution in [0.15, 0.2) is 53.4 Å². The first-order valence-electron chi connectivity index (χ1n) is 8.33. The molecule has 1 amide bonds. The number of methoxy groups -OCH3 is 1. The molecule has 152 valence electrons. The molecule has 0 fully saturated rings. The number of anilines is 2. The lowest BCUT2D eigenvalue weighted by atomic mass is 10.2. The number of sulfonamides is 1. The van der Waals surface area contributed by atoms with Gasteiger partial charge in [0.25, 0.3) is 15.9 Å². The summed E-state index contributed by atoms with van der Waals surface area (Å²) in [5.41, 5.74) is 1.26. The zero-order valence-electron chi connectivity index (χ0n) is 15.4. The number of rotatable bonds is 6. The van der Waals surface area contributed by atoms with Gasteiger partial charge in [-0.3, -0.25) is 9.52 Å². The molecule has 29 heavy (non-hydrogen) atoms. The first kappa shape index (κ1) is 21.0. The molecule has 10 heteroatoms. The molecule has 0 bridgehead atoms. The summed E-state index contributed by atoms with van der Waals surface area (Å²) < 4.78 is 33.5. The van der Waals surface area contributed by atoms with Gasteiger partial charge in [0.15, 0.2) is 0 Å². The Morgan fingerprint density at radius 3 is 2.48 bits per heavy atom. The molecule has 3 N–H and O–H groups in total. The van der Waals surface area contributed by atoms with Crippen molar-refractivity contribution in [2.75, 3.05) is 17.1 Å². The van der Waals surface area contributed by atoms with Crippen LogP contribution in [0.1, 0.15) is 16.1 Å². The maximum absolute atomic E-state index is 12.9. The number of carbonyl (C=O) groups is 1. The number of carbonyl (C=O) groups excluding carboxylic acids is 1. The van der Waals surface area contributed by atoms with E-state index in [9.17, 15) is 13.2 Å². The Kier molecular flexibility index (Phi) is 6.07. The Morgan fingerprint density at radius 1 is 1.10 bits per heavy atom. The van der Waals surface area contributed by atoms with E-state index in [2.05, 4.69) is 15.0 Å². The van der Waals surface area contributed by atoms with Gasteiger partial charge in [-0.2, -0.15) is 0 Å². The van der Waals surface area contributed by atoms with Gasteiger partial charge >= 0.3 is 0 Å². The topological polar surface area (TPSA) is 100 Å². The lowest BCUT2D eigenvalue weighted by molar-refractivity contribution is 0.102. The van der Waals surface area contributed by atoms with Crippen molar-refractivity contribution in [1.29, 1.82) is 0 Å². The van der Waals surface area contributed by atoms with E-state index in [1.807, 2.05) is 0 Å². The van der Waals surface area contributed by atoms with Gasteiger partial charge in [0.05, 0.1) is 22.7 Å². The highest BCUT2D eigenvalue weighted by molar-refractivity contribution is 7.92. The minimum absolute atomic E-state index is 0.0174. The second-order valence-electron chi connectivity index (χ2n) is 6.09. The molecule has 1 aromatic heterocycles. The standard InChI is InChI=1S/C19H17Cl2N3O4S/c1-11-7-8-12(22-19(25)15-10-13(20)18(21)23-15)9-17(11)29(26,27)24-14-5-3-4-6-16(14)28-2/h3-10,23-24H,1-2H3,(H,22,25). The first-order chi connectivity index (χ1) is 13.7. The predicted octanol–water partition coefficient (Wildman–Crippen LogP) is 4.69. The number of aromatic nitrogens is 1. The Morgan fingerprint density at radius 2 is 1.83 bits per heavy atom. The summed E-state index contributed by atoms with van der Waals surface area (Å²) in [7, 11) is -2.48. The number of aromatic amines is 1. The number of halogens is 2. The van der Waals surface area contributed by atoms with Crippen molar-refractivity contribution < 1.29 is 17.9 Å². The molecule has 3 aromatic rings. The van der Waals surface area contributed by atoms with Crippen molar-refractivity contribution in [2.45, 2.75) is 11.8 Å². The molecule has 7 nitrogen and oxygen atoms in total. The minimum atomic E-state index is -3.93. The molecule has 0 radical (unpaired) electrons. The number of para-hydroxylation sites is 2. The first-order valence-corrected chi connectivity index (χ1v) is 10.6. The van der Waals surface area contributed by atoms with E-state index < -0.39 is 15.9 Å². The van der Waals surface area contributed by atoms with Crippen LogP contribution < -0.4 is 14.8 Å². The number of ether oxygens (including phenoxy) is 1. The van der Waals surface area contributed by atoms with E-state index in [4.69, 9.17) is 27.9 Å². The summed E-state index contributed by atoms with van der Waals surface area (Å²) in [5, 5.41) is 2.98. The van der Waals surface area contributed by atoms with Crippen LogP contribution in [0, 0.1) is 6.92 Å². The molecule has 0 aliphatic rings. The van der Waals surface area contributed by atoms with Crippen LogP contribution in [0.25, 0.3) is 0 Å². The zero-order valence-corrected chi connectivity index (χ0v) is 17.7. The maximum Gasteiger partial charge on any atom is 0.272 e. The average Bonchev–Trinajstić information content (AvgIpc) is 3.02. The summed E-state index contributed by atoms with van der Waals surface area (Å²) in [6, 6.07) is 12.6. The number of aryl methyl sites for hydroxylation is 1. The summed E-state index contributed by atoms with van der Waals surface area (Å²) in [6.07, 6.45) is 0. The summed E-state index contributed by atoms with van der Waals surface area (Å²) in [6.45, 7) is 1.66. The van der Waals surface area contributed by atoms with Crippen molar-refractivity contribution >= 4 is 50.5 Å². The number of hydrogen-bond donors (Lipinski definition) is 3. The quantitative estimate of drug-likeness (QED) is 0.503. The lowest BCUT2D eigenvalue weighted by Crippen LogP contribution is -2.16. The van der Waals surface area contributed by atoms with Crippen LogP contribution in [-0.2, 0) is 10.0 Å². The third kappa shape index (κ3) is 4.67. The molecular formula is C19H17Cl2N3O4S. The van der Waals surface area contributed by atoms with E-state index in [-0.39, 0.29) is 20.8 Å². The Hall–Kier alpha value is -2.68. The van der Waals surface area contributed by atoms with E-state index in [0.717, 1.165) is 0 Å². The Bertz CT molecular complexity index is 1160. The highest BCUT2D eigenvalue weighted by Crippen LogP contribution is 2.28. The van der Waals surface area contributed by atoms with Crippen molar-refractivity contribution in [1.82, 2.24) is 4.98 Å². The fraction of sp³-hybridized carbons (Fsp3) is 0.105. The zero-order chi connectivity index (χ0) is 21.2. The van der Waals surface area contributed by atoms with E-state index in [0.29, 0.717) is 22.7 Å². The highest BCUT2D eigenvalue weighted by Gasteiger charge is 2.20. The van der Waals surface area contributed by atoms with Crippen molar-refractivity contribution in [3.05, 3.63) is 70.0 Å². The van der Waals surface area contributed by atoms with Crippen LogP contribution in [0.2, 0.25) is 10.2 Å². The third-order valence-electron chi connectivity index (χ3n) is 4.06. The monoisotopic (exact) mass is 453 g/mol. The molecule has 0 aliphatic heterocycles. The fourth-order valence-electron chi connectivity index (χ4n) is 2.62. The van der Waals surface area contributed by atoms with E-state index in [1.165, 1.54) is 19.2 Å². The van der Waals surface area contributed by atoms with Gasteiger partial charge < -0.3 is 15.0 Å². The molecule has 2 aromatic carbocycles. The lowest BCUT2D eigenvalue weighted by Gasteiger charge is -2.14. The van der Waals surface area contributed by atoms with Gasteiger partial charge in [0, 0.05) is 5.69 Å². The fourth-order valence-corrected chi connectivity index (χ4v) is 4.28. The molecule has 0 unspecified atom stereocenters. The largest absolute Gasteiger partial charge is 0.495 e. The van der Waals surface area contributed by atoms with Crippen molar-refractivity contribution in [3.8, 4) is 5.75 Å². The molecular weight excluding hydrogens is 437 g/mol. The van der Waals surface area contributed by atoms with Crippen LogP contribution in [0.4, 0.5) is 11.4 Å². The van der Waals surface area contributed by atoms with Crippen LogP contribution >= 0.6 is 23.2 Å². The van der Waals surface area contributed by atoms with Crippen LogP contribution in [-0.4, -0.2) is 26.4 Å². The normalized spacial score (nSPS) is 11.2. The second kappa shape index (κ2) is 8.36. The van der Waals surface area contributed by atoms with Gasteiger partial charge in [0.2, 0.25) is 0 Å². The number of nitrogens with one attached hydrogen (secondary N) is 3. The third-order valence-corrected chi connectivity index (χ3v) is 6.26. The predicted molar refractivity (Wildman–Crippen MR) is 114 cm³/mol. The molecule has 1 heterocycles. The van der Waals surface area contributed by atoms with Crippen LogP contribution in [0.3, 0.4) is 0 Å². The number of amides is 1. The Labute approximate surface area is 178 Å². The molecule has 3 rings (SSSR count). The molecule has 0 atom stereocenters. The molecule has 0 saturated carbocycles. The molecule has 0 spiro atoms. The van der Waals surface area contributed by atoms with Crippen molar-refractivity contribution in [2.24, 2.45) is 0 Å². The van der Waals surface area contributed by atoms with Gasteiger partial charge in [-0.15, -0.1) is 0 Å². The summed E-state index contributed by atoms with van der Waals surface area (Å²) in [4.78, 5) is 15.0. The van der Waals surface area contributed by atoms with Gasteiger partial charge in [-0.05, 0) is 42.8 Å². The smallest absolute Gasteiger partial charge is 0.272 e. The van der Waals surface area contributed by atoms with Gasteiger partial charge in [0.1, 0.15) is 16.6 Å². The summed E-state index contributed by atoms with van der Waals surface area (Å²) >= 11 is 11.7. The number of H-pyrrole nitrogens is 1. The Balaban J connectivity index is 1.89. The summed E-state index contributed by atoms with van der Waals surface area (Å²) in [5.74, 6) is -0.123. The van der Waals surface area contributed by atoms with Crippen LogP contribution in [0.5, 0.6) is 5.75 Å². The number of benzene rings is 2. The maximum atomic E-state index is 12.9. The highest BCUT2D eigenvalue weighted by atomic mass is 35.5.